The Morgan fingerprint density at radius 2 is 2.12 bits per heavy atom. The van der Waals surface area contributed by atoms with Crippen molar-refractivity contribution in [2.24, 2.45) is 0 Å². The molecule has 128 valence electrons. The summed E-state index contributed by atoms with van der Waals surface area (Å²) in [6.07, 6.45) is 0.849. The zero-order valence-corrected chi connectivity index (χ0v) is 14.3. The molecule has 24 heavy (non-hydrogen) atoms. The van der Waals surface area contributed by atoms with E-state index in [0.717, 1.165) is 12.0 Å². The predicted molar refractivity (Wildman–Crippen MR) is 89.2 cm³/mol. The van der Waals surface area contributed by atoms with Crippen LogP contribution in [0.3, 0.4) is 0 Å². The van der Waals surface area contributed by atoms with Crippen molar-refractivity contribution in [3.63, 3.8) is 0 Å². The molecule has 0 bridgehead atoms. The minimum Gasteiger partial charge on any atom is -0.496 e. The molecule has 0 N–H and O–H groups in total. The van der Waals surface area contributed by atoms with Gasteiger partial charge >= 0.3 is 5.69 Å². The summed E-state index contributed by atoms with van der Waals surface area (Å²) in [6, 6.07) is 5.46. The second kappa shape index (κ2) is 6.51. The first-order valence-electron chi connectivity index (χ1n) is 8.16. The smallest absolute Gasteiger partial charge is 0.346 e. The van der Waals surface area contributed by atoms with Crippen LogP contribution in [0.25, 0.3) is 0 Å². The number of carbonyl (C=O) groups excluding carboxylic acids is 1. The highest BCUT2D eigenvalue weighted by Gasteiger charge is 2.26. The van der Waals surface area contributed by atoms with Gasteiger partial charge in [-0.1, -0.05) is 13.0 Å². The highest BCUT2D eigenvalue weighted by atomic mass is 16.5. The Labute approximate surface area is 140 Å². The molecule has 7 heteroatoms. The van der Waals surface area contributed by atoms with E-state index in [2.05, 4.69) is 5.10 Å². The summed E-state index contributed by atoms with van der Waals surface area (Å²) in [5, 5.41) is 4.37. The SMILES string of the molecule is CCCn1nc2n(c1=O)CCN(C(=O)c1cccc(OC)c1C)C2. The van der Waals surface area contributed by atoms with Gasteiger partial charge in [0.1, 0.15) is 5.75 Å². The zero-order chi connectivity index (χ0) is 17.3. The van der Waals surface area contributed by atoms with Gasteiger partial charge in [-0.25, -0.2) is 9.48 Å². The van der Waals surface area contributed by atoms with Crippen LogP contribution in [0, 0.1) is 6.92 Å². The van der Waals surface area contributed by atoms with Crippen LogP contribution in [0.5, 0.6) is 5.75 Å². The standard InChI is InChI=1S/C17H22N4O3/c1-4-8-21-17(23)20-10-9-19(11-15(20)18-21)16(22)13-6-5-7-14(24-3)12(13)2/h5-7H,4,8-11H2,1-3H3. The van der Waals surface area contributed by atoms with Gasteiger partial charge in [0.15, 0.2) is 5.82 Å². The number of hydrogen-bond donors (Lipinski definition) is 0. The largest absolute Gasteiger partial charge is 0.496 e. The summed E-state index contributed by atoms with van der Waals surface area (Å²) in [5.41, 5.74) is 1.36. The summed E-state index contributed by atoms with van der Waals surface area (Å²) < 4.78 is 8.44. The number of hydrogen-bond acceptors (Lipinski definition) is 4. The summed E-state index contributed by atoms with van der Waals surface area (Å²) >= 11 is 0. The molecule has 2 heterocycles. The molecule has 1 amide bonds. The van der Waals surface area contributed by atoms with E-state index in [1.807, 2.05) is 26.0 Å². The van der Waals surface area contributed by atoms with Crippen molar-refractivity contribution < 1.29 is 9.53 Å². The molecule has 0 aliphatic carbocycles. The summed E-state index contributed by atoms with van der Waals surface area (Å²) in [5.74, 6) is 1.28. The molecule has 0 atom stereocenters. The Morgan fingerprint density at radius 3 is 2.83 bits per heavy atom. The van der Waals surface area contributed by atoms with Crippen LogP contribution in [0.4, 0.5) is 0 Å². The number of rotatable bonds is 4. The highest BCUT2D eigenvalue weighted by Crippen LogP contribution is 2.23. The normalized spacial score (nSPS) is 13.7. The Kier molecular flexibility index (Phi) is 4.42. The van der Waals surface area contributed by atoms with Crippen LogP contribution >= 0.6 is 0 Å². The Hall–Kier alpha value is -2.57. The third-order valence-corrected chi connectivity index (χ3v) is 4.38. The summed E-state index contributed by atoms with van der Waals surface area (Å²) in [7, 11) is 1.59. The Bertz CT molecular complexity index is 822. The molecule has 1 aliphatic rings. The lowest BCUT2D eigenvalue weighted by Crippen LogP contribution is -2.41. The molecule has 1 aliphatic heterocycles. The minimum absolute atomic E-state index is 0.0601. The van der Waals surface area contributed by atoms with Crippen molar-refractivity contribution in [3.05, 3.63) is 45.6 Å². The van der Waals surface area contributed by atoms with E-state index in [1.165, 1.54) is 4.68 Å². The van der Waals surface area contributed by atoms with Gasteiger partial charge in [0.05, 0.1) is 13.7 Å². The second-order valence-corrected chi connectivity index (χ2v) is 5.93. The Balaban J connectivity index is 1.87. The number of aryl methyl sites for hydroxylation is 1. The van der Waals surface area contributed by atoms with Gasteiger partial charge in [-0.15, -0.1) is 0 Å². The van der Waals surface area contributed by atoms with Crippen LogP contribution in [0.15, 0.2) is 23.0 Å². The number of aromatic nitrogens is 3. The maximum absolute atomic E-state index is 12.9. The fraction of sp³-hybridized carbons (Fsp3) is 0.471. The van der Waals surface area contributed by atoms with E-state index in [4.69, 9.17) is 4.74 Å². The monoisotopic (exact) mass is 330 g/mol. The topological polar surface area (TPSA) is 69.4 Å². The number of amides is 1. The summed E-state index contributed by atoms with van der Waals surface area (Å²) in [4.78, 5) is 26.8. The lowest BCUT2D eigenvalue weighted by molar-refractivity contribution is 0.0705. The fourth-order valence-electron chi connectivity index (χ4n) is 3.07. The van der Waals surface area contributed by atoms with Crippen molar-refractivity contribution in [3.8, 4) is 5.75 Å². The van der Waals surface area contributed by atoms with E-state index < -0.39 is 0 Å². The van der Waals surface area contributed by atoms with Crippen LogP contribution in [0.2, 0.25) is 0 Å². The molecule has 0 saturated carbocycles. The van der Waals surface area contributed by atoms with Crippen molar-refractivity contribution in [1.82, 2.24) is 19.2 Å². The molecule has 0 radical (unpaired) electrons. The van der Waals surface area contributed by atoms with E-state index >= 15 is 0 Å². The van der Waals surface area contributed by atoms with Gasteiger partial charge in [-0.05, 0) is 25.5 Å². The molecule has 3 rings (SSSR count). The van der Waals surface area contributed by atoms with Crippen LogP contribution in [0.1, 0.15) is 35.1 Å². The van der Waals surface area contributed by atoms with E-state index in [1.54, 1.807) is 22.6 Å². The second-order valence-electron chi connectivity index (χ2n) is 5.93. The number of benzene rings is 1. The molecular formula is C17H22N4O3. The van der Waals surface area contributed by atoms with Gasteiger partial charge in [-0.3, -0.25) is 9.36 Å². The van der Waals surface area contributed by atoms with Crippen molar-refractivity contribution in [2.75, 3.05) is 13.7 Å². The maximum Gasteiger partial charge on any atom is 0.346 e. The predicted octanol–water partition coefficient (Wildman–Crippen LogP) is 1.43. The van der Waals surface area contributed by atoms with Crippen molar-refractivity contribution in [2.45, 2.75) is 39.9 Å². The molecule has 7 nitrogen and oxygen atoms in total. The maximum atomic E-state index is 12.9. The number of carbonyl (C=O) groups is 1. The van der Waals surface area contributed by atoms with Gasteiger partial charge in [0, 0.05) is 30.8 Å². The summed E-state index contributed by atoms with van der Waals surface area (Å²) in [6.45, 7) is 5.81. The van der Waals surface area contributed by atoms with Crippen molar-refractivity contribution in [1.29, 1.82) is 0 Å². The van der Waals surface area contributed by atoms with Gasteiger partial charge in [0.25, 0.3) is 5.91 Å². The van der Waals surface area contributed by atoms with Gasteiger partial charge < -0.3 is 9.64 Å². The molecule has 1 aromatic heterocycles. The number of ether oxygens (including phenoxy) is 1. The van der Waals surface area contributed by atoms with Crippen LogP contribution in [-0.2, 0) is 19.6 Å². The first kappa shape index (κ1) is 16.3. The average Bonchev–Trinajstić information content (AvgIpc) is 2.90. The molecule has 0 spiro atoms. The fourth-order valence-corrected chi connectivity index (χ4v) is 3.07. The molecular weight excluding hydrogens is 308 g/mol. The quantitative estimate of drug-likeness (QED) is 0.850. The van der Waals surface area contributed by atoms with Gasteiger partial charge in [-0.2, -0.15) is 5.10 Å². The van der Waals surface area contributed by atoms with Crippen LogP contribution < -0.4 is 10.4 Å². The lowest BCUT2D eigenvalue weighted by atomic mass is 10.1. The Morgan fingerprint density at radius 1 is 1.33 bits per heavy atom. The first-order chi connectivity index (χ1) is 11.6. The zero-order valence-electron chi connectivity index (χ0n) is 14.3. The lowest BCUT2D eigenvalue weighted by Gasteiger charge is -2.27. The van der Waals surface area contributed by atoms with Crippen LogP contribution in [-0.4, -0.2) is 38.8 Å². The van der Waals surface area contributed by atoms with Gasteiger partial charge in [0.2, 0.25) is 0 Å². The third kappa shape index (κ3) is 2.70. The third-order valence-electron chi connectivity index (χ3n) is 4.38. The molecule has 0 unspecified atom stereocenters. The van der Waals surface area contributed by atoms with E-state index in [9.17, 15) is 9.59 Å². The highest BCUT2D eigenvalue weighted by molar-refractivity contribution is 5.96. The average molecular weight is 330 g/mol. The molecule has 0 saturated heterocycles. The molecule has 0 fully saturated rings. The number of methoxy groups -OCH3 is 1. The minimum atomic E-state index is -0.0866. The number of fused-ring (bicyclic) bond motifs is 1. The number of nitrogens with zero attached hydrogens (tertiary/aromatic N) is 4. The molecule has 1 aromatic carbocycles. The molecule has 2 aromatic rings. The van der Waals surface area contributed by atoms with E-state index in [0.29, 0.717) is 43.3 Å². The van der Waals surface area contributed by atoms with Crippen molar-refractivity contribution >= 4 is 5.91 Å². The van der Waals surface area contributed by atoms with E-state index in [-0.39, 0.29) is 11.6 Å². The first-order valence-corrected chi connectivity index (χ1v) is 8.16.